The molecule has 2 aromatic rings. The van der Waals surface area contributed by atoms with Crippen molar-refractivity contribution in [1.82, 2.24) is 10.2 Å². The lowest BCUT2D eigenvalue weighted by Crippen LogP contribution is -2.39. The van der Waals surface area contributed by atoms with Crippen molar-refractivity contribution in [2.45, 2.75) is 13.0 Å². The van der Waals surface area contributed by atoms with Crippen LogP contribution in [0.15, 0.2) is 54.6 Å². The number of nitrogens with one attached hydrogen (secondary N) is 2. The number of hydrogen-bond donors (Lipinski definition) is 2. The van der Waals surface area contributed by atoms with Crippen LogP contribution in [0.1, 0.15) is 28.9 Å². The molecule has 6 heteroatoms. The van der Waals surface area contributed by atoms with E-state index in [0.29, 0.717) is 17.8 Å². The van der Waals surface area contributed by atoms with E-state index in [1.165, 1.54) is 0 Å². The number of carbonyl (C=O) groups is 2. The van der Waals surface area contributed by atoms with Crippen molar-refractivity contribution in [3.63, 3.8) is 0 Å². The van der Waals surface area contributed by atoms with Crippen molar-refractivity contribution in [1.29, 1.82) is 0 Å². The zero-order valence-corrected chi connectivity index (χ0v) is 16.3. The SMILES string of the molecule is CC(NC(=O)c1ccccc1NC(=O)CN1CCSCC1)c1ccccc1. The summed E-state index contributed by atoms with van der Waals surface area (Å²) < 4.78 is 0. The lowest BCUT2D eigenvalue weighted by molar-refractivity contribution is -0.117. The summed E-state index contributed by atoms with van der Waals surface area (Å²) in [5.41, 5.74) is 2.06. The van der Waals surface area contributed by atoms with Gasteiger partial charge in [-0.05, 0) is 24.6 Å². The summed E-state index contributed by atoms with van der Waals surface area (Å²) >= 11 is 1.91. The van der Waals surface area contributed by atoms with Crippen molar-refractivity contribution < 1.29 is 9.59 Å². The lowest BCUT2D eigenvalue weighted by atomic mass is 10.1. The molecule has 142 valence electrons. The normalized spacial score (nSPS) is 15.7. The van der Waals surface area contributed by atoms with Crippen molar-refractivity contribution >= 4 is 29.3 Å². The molecule has 2 N–H and O–H groups in total. The van der Waals surface area contributed by atoms with Gasteiger partial charge in [0.05, 0.1) is 23.8 Å². The highest BCUT2D eigenvalue weighted by Crippen LogP contribution is 2.18. The van der Waals surface area contributed by atoms with Crippen LogP contribution in [0.2, 0.25) is 0 Å². The zero-order valence-electron chi connectivity index (χ0n) is 15.5. The summed E-state index contributed by atoms with van der Waals surface area (Å²) in [5, 5.41) is 5.91. The number of benzene rings is 2. The molecule has 1 unspecified atom stereocenters. The average molecular weight is 384 g/mol. The molecule has 2 aromatic carbocycles. The van der Waals surface area contributed by atoms with E-state index in [1.807, 2.05) is 55.1 Å². The third kappa shape index (κ3) is 5.58. The fraction of sp³-hybridized carbons (Fsp3) is 0.333. The Morgan fingerprint density at radius 3 is 2.44 bits per heavy atom. The van der Waals surface area contributed by atoms with Crippen molar-refractivity contribution in [2.75, 3.05) is 36.5 Å². The van der Waals surface area contributed by atoms with E-state index in [4.69, 9.17) is 0 Å². The van der Waals surface area contributed by atoms with Gasteiger partial charge in [0.1, 0.15) is 0 Å². The molecule has 0 radical (unpaired) electrons. The molecule has 3 rings (SSSR count). The molecule has 0 aliphatic carbocycles. The summed E-state index contributed by atoms with van der Waals surface area (Å²) in [7, 11) is 0. The van der Waals surface area contributed by atoms with Crippen molar-refractivity contribution in [2.24, 2.45) is 0 Å². The van der Waals surface area contributed by atoms with Crippen LogP contribution >= 0.6 is 11.8 Å². The Morgan fingerprint density at radius 2 is 1.70 bits per heavy atom. The van der Waals surface area contributed by atoms with Crippen molar-refractivity contribution in [3.8, 4) is 0 Å². The number of hydrogen-bond acceptors (Lipinski definition) is 4. The molecule has 1 fully saturated rings. The highest BCUT2D eigenvalue weighted by molar-refractivity contribution is 7.99. The Morgan fingerprint density at radius 1 is 1.04 bits per heavy atom. The first-order chi connectivity index (χ1) is 13.1. The molecule has 1 saturated heterocycles. The number of carbonyl (C=O) groups excluding carboxylic acids is 2. The third-order valence-electron chi connectivity index (χ3n) is 4.56. The quantitative estimate of drug-likeness (QED) is 0.804. The summed E-state index contributed by atoms with van der Waals surface area (Å²) in [4.78, 5) is 27.3. The molecule has 27 heavy (non-hydrogen) atoms. The predicted molar refractivity (Wildman–Crippen MR) is 111 cm³/mol. The monoisotopic (exact) mass is 383 g/mol. The van der Waals surface area contributed by atoms with Crippen LogP contribution in [0, 0.1) is 0 Å². The summed E-state index contributed by atoms with van der Waals surface area (Å²) in [6.45, 7) is 4.16. The van der Waals surface area contributed by atoms with Crippen LogP contribution in [-0.2, 0) is 4.79 Å². The van der Waals surface area contributed by atoms with Gasteiger partial charge in [-0.3, -0.25) is 14.5 Å². The van der Waals surface area contributed by atoms with Gasteiger partial charge in [0.25, 0.3) is 5.91 Å². The summed E-state index contributed by atoms with van der Waals surface area (Å²) in [6.07, 6.45) is 0. The first-order valence-electron chi connectivity index (χ1n) is 9.18. The second-order valence-corrected chi connectivity index (χ2v) is 7.81. The third-order valence-corrected chi connectivity index (χ3v) is 5.51. The van der Waals surface area contributed by atoms with E-state index in [2.05, 4.69) is 15.5 Å². The van der Waals surface area contributed by atoms with E-state index in [-0.39, 0.29) is 17.9 Å². The van der Waals surface area contributed by atoms with Crippen LogP contribution in [0.25, 0.3) is 0 Å². The smallest absolute Gasteiger partial charge is 0.253 e. The second kappa shape index (κ2) is 9.58. The Balaban J connectivity index is 1.64. The fourth-order valence-corrected chi connectivity index (χ4v) is 4.02. The van der Waals surface area contributed by atoms with Gasteiger partial charge < -0.3 is 10.6 Å². The number of nitrogens with zero attached hydrogens (tertiary/aromatic N) is 1. The van der Waals surface area contributed by atoms with Crippen LogP contribution in [-0.4, -0.2) is 47.9 Å². The minimum atomic E-state index is -0.198. The number of anilines is 1. The van der Waals surface area contributed by atoms with Gasteiger partial charge in [0.15, 0.2) is 0 Å². The minimum Gasteiger partial charge on any atom is -0.345 e. The molecular formula is C21H25N3O2S. The first-order valence-corrected chi connectivity index (χ1v) is 10.3. The van der Waals surface area contributed by atoms with Gasteiger partial charge in [-0.15, -0.1) is 0 Å². The van der Waals surface area contributed by atoms with Gasteiger partial charge in [0, 0.05) is 24.6 Å². The van der Waals surface area contributed by atoms with E-state index < -0.39 is 0 Å². The topological polar surface area (TPSA) is 61.4 Å². The fourth-order valence-electron chi connectivity index (χ4n) is 3.04. The molecule has 0 aromatic heterocycles. The zero-order chi connectivity index (χ0) is 19.1. The standard InChI is InChI=1S/C21H25N3O2S/c1-16(17-7-3-2-4-8-17)22-21(26)18-9-5-6-10-19(18)23-20(25)15-24-11-13-27-14-12-24/h2-10,16H,11-15H2,1H3,(H,22,26)(H,23,25). The largest absolute Gasteiger partial charge is 0.345 e. The van der Waals surface area contributed by atoms with Crippen molar-refractivity contribution in [3.05, 3.63) is 65.7 Å². The first kappa shape index (κ1) is 19.5. The maximum absolute atomic E-state index is 12.7. The molecule has 1 heterocycles. The lowest BCUT2D eigenvalue weighted by Gasteiger charge is -2.25. The van der Waals surface area contributed by atoms with E-state index >= 15 is 0 Å². The van der Waals surface area contributed by atoms with Gasteiger partial charge in [0.2, 0.25) is 5.91 Å². The number of rotatable bonds is 6. The molecule has 5 nitrogen and oxygen atoms in total. The maximum Gasteiger partial charge on any atom is 0.253 e. The van der Waals surface area contributed by atoms with Gasteiger partial charge in [-0.2, -0.15) is 11.8 Å². The number of para-hydroxylation sites is 1. The van der Waals surface area contributed by atoms with Gasteiger partial charge in [-0.1, -0.05) is 42.5 Å². The number of thioether (sulfide) groups is 1. The Hall–Kier alpha value is -2.31. The number of amides is 2. The van der Waals surface area contributed by atoms with Gasteiger partial charge in [-0.25, -0.2) is 0 Å². The molecule has 0 bridgehead atoms. The second-order valence-electron chi connectivity index (χ2n) is 6.59. The molecule has 1 aliphatic rings. The molecule has 0 saturated carbocycles. The van der Waals surface area contributed by atoms with Crippen LogP contribution < -0.4 is 10.6 Å². The Kier molecular flexibility index (Phi) is 6.90. The average Bonchev–Trinajstić information content (AvgIpc) is 2.69. The summed E-state index contributed by atoms with van der Waals surface area (Å²) in [5.74, 6) is 1.84. The molecule has 0 spiro atoms. The highest BCUT2D eigenvalue weighted by atomic mass is 32.2. The molecule has 2 amide bonds. The van der Waals surface area contributed by atoms with E-state index in [1.54, 1.807) is 18.2 Å². The summed E-state index contributed by atoms with van der Waals surface area (Å²) in [6, 6.07) is 16.8. The predicted octanol–water partition coefficient (Wildman–Crippen LogP) is 3.16. The van der Waals surface area contributed by atoms with E-state index in [0.717, 1.165) is 30.2 Å². The molecule has 1 atom stereocenters. The van der Waals surface area contributed by atoms with E-state index in [9.17, 15) is 9.59 Å². The van der Waals surface area contributed by atoms with Crippen LogP contribution in [0.4, 0.5) is 5.69 Å². The van der Waals surface area contributed by atoms with Crippen LogP contribution in [0.3, 0.4) is 0 Å². The van der Waals surface area contributed by atoms with Crippen LogP contribution in [0.5, 0.6) is 0 Å². The highest BCUT2D eigenvalue weighted by Gasteiger charge is 2.18. The molecule has 1 aliphatic heterocycles. The Labute approximate surface area is 164 Å². The Bertz CT molecular complexity index is 776. The maximum atomic E-state index is 12.7. The van der Waals surface area contributed by atoms with Gasteiger partial charge >= 0.3 is 0 Å². The minimum absolute atomic E-state index is 0.0849. The molecular weight excluding hydrogens is 358 g/mol.